The molecule has 2 aliphatic rings. The Balaban J connectivity index is 1.80. The molecule has 1 unspecified atom stereocenters. The number of methoxy groups -OCH3 is 1. The van der Waals surface area contributed by atoms with Crippen LogP contribution in [0.1, 0.15) is 24.8 Å². The standard InChI is InChI=1S/C15H21NO4/c1-18-13-6-11(7-14-15(13)20-10-19-14)8-16-5-3-2-4-12(16)9-17/h6-7,12,17H,2-5,8-10H2,1H3. The van der Waals surface area contributed by atoms with Crippen LogP contribution in [0.15, 0.2) is 12.1 Å². The van der Waals surface area contributed by atoms with E-state index in [0.29, 0.717) is 11.5 Å². The Morgan fingerprint density at radius 3 is 3.05 bits per heavy atom. The summed E-state index contributed by atoms with van der Waals surface area (Å²) in [4.78, 5) is 2.33. The van der Waals surface area contributed by atoms with E-state index in [0.717, 1.165) is 30.8 Å². The highest BCUT2D eigenvalue weighted by Crippen LogP contribution is 2.42. The second-order valence-electron chi connectivity index (χ2n) is 5.33. The number of hydrogen-bond donors (Lipinski definition) is 1. The SMILES string of the molecule is COc1cc(CN2CCCCC2CO)cc2c1OCO2. The van der Waals surface area contributed by atoms with Crippen LogP contribution in [-0.4, -0.2) is 43.1 Å². The molecule has 1 N–H and O–H groups in total. The molecule has 3 rings (SSSR count). The van der Waals surface area contributed by atoms with Crippen LogP contribution in [0.25, 0.3) is 0 Å². The van der Waals surface area contributed by atoms with Crippen molar-refractivity contribution in [3.05, 3.63) is 17.7 Å². The summed E-state index contributed by atoms with van der Waals surface area (Å²) in [6.07, 6.45) is 3.46. The van der Waals surface area contributed by atoms with Crippen molar-refractivity contribution in [2.45, 2.75) is 31.8 Å². The van der Waals surface area contributed by atoms with Crippen LogP contribution in [0.2, 0.25) is 0 Å². The zero-order valence-corrected chi connectivity index (χ0v) is 11.8. The van der Waals surface area contributed by atoms with E-state index < -0.39 is 0 Å². The third-order valence-corrected chi connectivity index (χ3v) is 4.06. The van der Waals surface area contributed by atoms with E-state index in [4.69, 9.17) is 14.2 Å². The van der Waals surface area contributed by atoms with E-state index in [1.165, 1.54) is 12.8 Å². The highest BCUT2D eigenvalue weighted by molar-refractivity contribution is 5.55. The number of aliphatic hydroxyl groups excluding tert-OH is 1. The van der Waals surface area contributed by atoms with Gasteiger partial charge in [-0.1, -0.05) is 6.42 Å². The Morgan fingerprint density at radius 2 is 2.25 bits per heavy atom. The molecule has 5 heteroatoms. The molecule has 0 bridgehead atoms. The number of fused-ring (bicyclic) bond motifs is 1. The summed E-state index contributed by atoms with van der Waals surface area (Å²) < 4.78 is 16.2. The van der Waals surface area contributed by atoms with Gasteiger partial charge in [0.25, 0.3) is 0 Å². The predicted molar refractivity (Wildman–Crippen MR) is 74.3 cm³/mol. The molecule has 0 radical (unpaired) electrons. The zero-order valence-electron chi connectivity index (χ0n) is 11.8. The van der Waals surface area contributed by atoms with Crippen LogP contribution < -0.4 is 14.2 Å². The number of nitrogens with zero attached hydrogens (tertiary/aromatic N) is 1. The highest BCUT2D eigenvalue weighted by Gasteiger charge is 2.24. The molecule has 110 valence electrons. The molecular weight excluding hydrogens is 258 g/mol. The van der Waals surface area contributed by atoms with Crippen molar-refractivity contribution < 1.29 is 19.3 Å². The van der Waals surface area contributed by atoms with Crippen molar-refractivity contribution in [2.24, 2.45) is 0 Å². The van der Waals surface area contributed by atoms with Crippen molar-refractivity contribution in [3.8, 4) is 17.2 Å². The van der Waals surface area contributed by atoms with Gasteiger partial charge in [-0.3, -0.25) is 4.90 Å². The lowest BCUT2D eigenvalue weighted by atomic mass is 10.0. The first-order chi connectivity index (χ1) is 9.81. The molecule has 1 saturated heterocycles. The zero-order chi connectivity index (χ0) is 13.9. The van der Waals surface area contributed by atoms with Crippen molar-refractivity contribution in [1.82, 2.24) is 4.90 Å². The molecular formula is C15H21NO4. The summed E-state index contributed by atoms with van der Waals surface area (Å²) in [5, 5.41) is 9.48. The van der Waals surface area contributed by atoms with Gasteiger partial charge >= 0.3 is 0 Å². The lowest BCUT2D eigenvalue weighted by molar-refractivity contribution is 0.0840. The number of hydrogen-bond acceptors (Lipinski definition) is 5. The summed E-state index contributed by atoms with van der Waals surface area (Å²) >= 11 is 0. The number of aliphatic hydroxyl groups is 1. The first-order valence-corrected chi connectivity index (χ1v) is 7.13. The molecule has 0 aromatic heterocycles. The second-order valence-corrected chi connectivity index (χ2v) is 5.33. The third kappa shape index (κ3) is 2.55. The van der Waals surface area contributed by atoms with Gasteiger partial charge in [0.1, 0.15) is 0 Å². The molecule has 1 aromatic rings. The minimum absolute atomic E-state index is 0.224. The molecule has 2 aliphatic heterocycles. The monoisotopic (exact) mass is 279 g/mol. The average Bonchev–Trinajstić information content (AvgIpc) is 2.95. The normalized spacial score (nSPS) is 22.0. The van der Waals surface area contributed by atoms with Crippen LogP contribution in [0.5, 0.6) is 17.2 Å². The maximum absolute atomic E-state index is 9.48. The molecule has 0 amide bonds. The number of rotatable bonds is 4. The molecule has 0 spiro atoms. The molecule has 5 nitrogen and oxygen atoms in total. The quantitative estimate of drug-likeness (QED) is 0.910. The van der Waals surface area contributed by atoms with Crippen molar-refractivity contribution in [2.75, 3.05) is 27.1 Å². The summed E-state index contributed by atoms with van der Waals surface area (Å²) in [5.41, 5.74) is 1.13. The van der Waals surface area contributed by atoms with E-state index in [9.17, 15) is 5.11 Å². The Hall–Kier alpha value is -1.46. The largest absolute Gasteiger partial charge is 0.493 e. The Kier molecular flexibility index (Phi) is 3.98. The van der Waals surface area contributed by atoms with Crippen LogP contribution >= 0.6 is 0 Å². The maximum Gasteiger partial charge on any atom is 0.231 e. The molecule has 2 heterocycles. The number of ether oxygens (including phenoxy) is 3. The van der Waals surface area contributed by atoms with Crippen LogP contribution in [-0.2, 0) is 6.54 Å². The Morgan fingerprint density at radius 1 is 1.35 bits per heavy atom. The molecule has 1 fully saturated rings. The van der Waals surface area contributed by atoms with E-state index in [1.807, 2.05) is 12.1 Å². The van der Waals surface area contributed by atoms with Gasteiger partial charge in [0, 0.05) is 12.6 Å². The van der Waals surface area contributed by atoms with E-state index in [1.54, 1.807) is 7.11 Å². The number of likely N-dealkylation sites (tertiary alicyclic amines) is 1. The van der Waals surface area contributed by atoms with Gasteiger partial charge in [0.15, 0.2) is 11.5 Å². The summed E-state index contributed by atoms with van der Waals surface area (Å²) in [6, 6.07) is 4.27. The predicted octanol–water partition coefficient (Wildman–Crippen LogP) is 1.77. The van der Waals surface area contributed by atoms with Gasteiger partial charge in [-0.15, -0.1) is 0 Å². The van der Waals surface area contributed by atoms with Gasteiger partial charge in [0.05, 0.1) is 13.7 Å². The minimum atomic E-state index is 0.224. The van der Waals surface area contributed by atoms with Crippen LogP contribution in [0, 0.1) is 0 Å². The van der Waals surface area contributed by atoms with Gasteiger partial charge in [-0.2, -0.15) is 0 Å². The van der Waals surface area contributed by atoms with Crippen molar-refractivity contribution >= 4 is 0 Å². The van der Waals surface area contributed by atoms with Crippen LogP contribution in [0.3, 0.4) is 0 Å². The molecule has 1 atom stereocenters. The molecule has 0 aliphatic carbocycles. The molecule has 20 heavy (non-hydrogen) atoms. The van der Waals surface area contributed by atoms with E-state index >= 15 is 0 Å². The lowest BCUT2D eigenvalue weighted by Gasteiger charge is -2.34. The fraction of sp³-hybridized carbons (Fsp3) is 0.600. The molecule has 1 aromatic carbocycles. The van der Waals surface area contributed by atoms with E-state index in [-0.39, 0.29) is 19.4 Å². The highest BCUT2D eigenvalue weighted by atomic mass is 16.7. The number of piperidine rings is 1. The summed E-state index contributed by atoms with van der Waals surface area (Å²) in [7, 11) is 1.64. The summed E-state index contributed by atoms with van der Waals surface area (Å²) in [6.45, 7) is 2.31. The fourth-order valence-electron chi connectivity index (χ4n) is 2.98. The average molecular weight is 279 g/mol. The Labute approximate surface area is 119 Å². The second kappa shape index (κ2) is 5.89. The maximum atomic E-state index is 9.48. The van der Waals surface area contributed by atoms with Crippen molar-refractivity contribution in [3.63, 3.8) is 0 Å². The van der Waals surface area contributed by atoms with Gasteiger partial charge in [-0.25, -0.2) is 0 Å². The smallest absolute Gasteiger partial charge is 0.231 e. The van der Waals surface area contributed by atoms with Gasteiger partial charge in [-0.05, 0) is 37.1 Å². The summed E-state index contributed by atoms with van der Waals surface area (Å²) in [5.74, 6) is 2.15. The molecule has 0 saturated carbocycles. The lowest BCUT2D eigenvalue weighted by Crippen LogP contribution is -2.41. The van der Waals surface area contributed by atoms with Crippen molar-refractivity contribution in [1.29, 1.82) is 0 Å². The first-order valence-electron chi connectivity index (χ1n) is 7.13. The van der Waals surface area contributed by atoms with Gasteiger partial charge < -0.3 is 19.3 Å². The number of benzene rings is 1. The van der Waals surface area contributed by atoms with Gasteiger partial charge in [0.2, 0.25) is 12.5 Å². The minimum Gasteiger partial charge on any atom is -0.493 e. The van der Waals surface area contributed by atoms with Crippen LogP contribution in [0.4, 0.5) is 0 Å². The first kappa shape index (κ1) is 13.5. The fourth-order valence-corrected chi connectivity index (χ4v) is 2.98. The Bertz CT molecular complexity index is 477. The van der Waals surface area contributed by atoms with E-state index in [2.05, 4.69) is 4.90 Å². The topological polar surface area (TPSA) is 51.2 Å². The third-order valence-electron chi connectivity index (χ3n) is 4.06.